The van der Waals surface area contributed by atoms with Crippen molar-refractivity contribution < 1.29 is 0 Å². The molecule has 88 valence electrons. The normalized spacial score (nSPS) is 12.4. The van der Waals surface area contributed by atoms with E-state index in [2.05, 4.69) is 26.3 Å². The van der Waals surface area contributed by atoms with Gasteiger partial charge in [-0.3, -0.25) is 0 Å². The molecule has 2 rings (SSSR count). The molecule has 6 heteroatoms. The SMILES string of the molecule is C#CCC(C)Nc1c(C)c(Cl)nc2ncnn12. The summed E-state index contributed by atoms with van der Waals surface area (Å²) in [5.74, 6) is 3.85. The maximum absolute atomic E-state index is 6.04. The number of anilines is 1. The Bertz CT molecular complexity index is 583. The molecule has 2 aromatic heterocycles. The molecule has 2 aromatic rings. The average Bonchev–Trinajstić information content (AvgIpc) is 2.72. The quantitative estimate of drug-likeness (QED) is 0.667. The monoisotopic (exact) mass is 249 g/mol. The molecule has 0 aliphatic carbocycles. The van der Waals surface area contributed by atoms with Crippen molar-refractivity contribution in [3.05, 3.63) is 17.0 Å². The van der Waals surface area contributed by atoms with Gasteiger partial charge in [-0.25, -0.2) is 0 Å². The summed E-state index contributed by atoms with van der Waals surface area (Å²) in [5, 5.41) is 7.80. The van der Waals surface area contributed by atoms with Crippen molar-refractivity contribution in [3.63, 3.8) is 0 Å². The van der Waals surface area contributed by atoms with Crippen LogP contribution in [-0.2, 0) is 0 Å². The van der Waals surface area contributed by atoms with Crippen LogP contribution in [0.3, 0.4) is 0 Å². The largest absolute Gasteiger partial charge is 0.366 e. The molecular formula is C11H12ClN5. The number of aromatic nitrogens is 4. The van der Waals surface area contributed by atoms with Crippen LogP contribution in [0.5, 0.6) is 0 Å². The molecule has 0 fully saturated rings. The number of terminal acetylenes is 1. The molecule has 1 unspecified atom stereocenters. The number of rotatable bonds is 3. The molecule has 1 N–H and O–H groups in total. The summed E-state index contributed by atoms with van der Waals surface area (Å²) in [6.45, 7) is 3.87. The van der Waals surface area contributed by atoms with E-state index in [1.165, 1.54) is 6.33 Å². The second kappa shape index (κ2) is 4.60. The first-order chi connectivity index (χ1) is 8.13. The molecule has 0 saturated carbocycles. The lowest BCUT2D eigenvalue weighted by Gasteiger charge is -2.15. The number of fused-ring (bicyclic) bond motifs is 1. The highest BCUT2D eigenvalue weighted by Gasteiger charge is 2.13. The van der Waals surface area contributed by atoms with Gasteiger partial charge in [-0.15, -0.1) is 12.3 Å². The van der Waals surface area contributed by atoms with Gasteiger partial charge in [-0.1, -0.05) is 11.6 Å². The second-order valence-corrected chi connectivity index (χ2v) is 4.16. The Kier molecular flexibility index (Phi) is 3.16. The molecule has 0 saturated heterocycles. The lowest BCUT2D eigenvalue weighted by molar-refractivity contribution is 0.798. The summed E-state index contributed by atoms with van der Waals surface area (Å²) < 4.78 is 1.62. The van der Waals surface area contributed by atoms with Crippen LogP contribution in [0, 0.1) is 19.3 Å². The Balaban J connectivity index is 2.47. The number of hydrogen-bond acceptors (Lipinski definition) is 4. The van der Waals surface area contributed by atoms with Crippen LogP contribution in [-0.4, -0.2) is 25.6 Å². The van der Waals surface area contributed by atoms with Gasteiger partial charge in [0.15, 0.2) is 0 Å². The lowest BCUT2D eigenvalue weighted by atomic mass is 10.2. The van der Waals surface area contributed by atoms with Crippen molar-refractivity contribution in [2.75, 3.05) is 5.32 Å². The van der Waals surface area contributed by atoms with E-state index in [1.54, 1.807) is 4.52 Å². The molecule has 17 heavy (non-hydrogen) atoms. The lowest BCUT2D eigenvalue weighted by Crippen LogP contribution is -2.18. The van der Waals surface area contributed by atoms with Gasteiger partial charge in [0.2, 0.25) is 0 Å². The van der Waals surface area contributed by atoms with Crippen molar-refractivity contribution in [1.82, 2.24) is 19.6 Å². The van der Waals surface area contributed by atoms with Gasteiger partial charge >= 0.3 is 0 Å². The van der Waals surface area contributed by atoms with Crippen molar-refractivity contribution in [2.24, 2.45) is 0 Å². The van der Waals surface area contributed by atoms with E-state index in [1.807, 2.05) is 13.8 Å². The Morgan fingerprint density at radius 1 is 1.65 bits per heavy atom. The molecule has 0 bridgehead atoms. The minimum Gasteiger partial charge on any atom is -0.366 e. The number of nitrogens with one attached hydrogen (secondary N) is 1. The zero-order valence-corrected chi connectivity index (χ0v) is 10.4. The summed E-state index contributed by atoms with van der Waals surface area (Å²) in [4.78, 5) is 8.13. The summed E-state index contributed by atoms with van der Waals surface area (Å²) in [5.41, 5.74) is 0.827. The molecular weight excluding hydrogens is 238 g/mol. The molecule has 0 aliphatic rings. The van der Waals surface area contributed by atoms with Gasteiger partial charge in [0.1, 0.15) is 17.3 Å². The summed E-state index contributed by atoms with van der Waals surface area (Å²) in [6.07, 6.45) is 7.34. The van der Waals surface area contributed by atoms with E-state index in [4.69, 9.17) is 18.0 Å². The Morgan fingerprint density at radius 3 is 3.12 bits per heavy atom. The number of halogens is 1. The minimum absolute atomic E-state index is 0.129. The molecule has 0 radical (unpaired) electrons. The van der Waals surface area contributed by atoms with Gasteiger partial charge in [0, 0.05) is 18.0 Å². The van der Waals surface area contributed by atoms with E-state index in [0.717, 1.165) is 11.4 Å². The van der Waals surface area contributed by atoms with Gasteiger partial charge in [-0.2, -0.15) is 19.6 Å². The van der Waals surface area contributed by atoms with E-state index < -0.39 is 0 Å². The molecule has 0 spiro atoms. The van der Waals surface area contributed by atoms with Crippen LogP contribution in [0.15, 0.2) is 6.33 Å². The smallest absolute Gasteiger partial charge is 0.255 e. The fourth-order valence-electron chi connectivity index (χ4n) is 1.53. The summed E-state index contributed by atoms with van der Waals surface area (Å²) >= 11 is 6.04. The van der Waals surface area contributed by atoms with E-state index in [-0.39, 0.29) is 6.04 Å². The highest BCUT2D eigenvalue weighted by atomic mass is 35.5. The topological polar surface area (TPSA) is 55.1 Å². The first-order valence-corrected chi connectivity index (χ1v) is 5.57. The molecule has 0 amide bonds. The molecule has 1 atom stereocenters. The van der Waals surface area contributed by atoms with Crippen molar-refractivity contribution in [2.45, 2.75) is 26.3 Å². The van der Waals surface area contributed by atoms with Gasteiger partial charge < -0.3 is 5.32 Å². The number of nitrogens with zero attached hydrogens (tertiary/aromatic N) is 4. The minimum atomic E-state index is 0.129. The van der Waals surface area contributed by atoms with Crippen molar-refractivity contribution in [3.8, 4) is 12.3 Å². The Labute approximate surface area is 104 Å². The zero-order valence-electron chi connectivity index (χ0n) is 9.61. The number of hydrogen-bond donors (Lipinski definition) is 1. The maximum atomic E-state index is 6.04. The maximum Gasteiger partial charge on any atom is 0.255 e. The van der Waals surface area contributed by atoms with Gasteiger partial charge in [0.25, 0.3) is 5.78 Å². The first-order valence-electron chi connectivity index (χ1n) is 5.19. The van der Waals surface area contributed by atoms with Crippen LogP contribution in [0.4, 0.5) is 5.82 Å². The fraction of sp³-hybridized carbons (Fsp3) is 0.364. The Hall–Kier alpha value is -1.80. The third-order valence-electron chi connectivity index (χ3n) is 2.41. The molecule has 0 aromatic carbocycles. The van der Waals surface area contributed by atoms with E-state index in [0.29, 0.717) is 17.4 Å². The zero-order chi connectivity index (χ0) is 12.4. The highest BCUT2D eigenvalue weighted by molar-refractivity contribution is 6.30. The summed E-state index contributed by atoms with van der Waals surface area (Å²) in [7, 11) is 0. The fourth-order valence-corrected chi connectivity index (χ4v) is 1.69. The van der Waals surface area contributed by atoms with Crippen LogP contribution < -0.4 is 5.32 Å². The second-order valence-electron chi connectivity index (χ2n) is 3.80. The average molecular weight is 250 g/mol. The van der Waals surface area contributed by atoms with Gasteiger partial charge in [-0.05, 0) is 13.8 Å². The third-order valence-corrected chi connectivity index (χ3v) is 2.78. The van der Waals surface area contributed by atoms with Crippen LogP contribution in [0.2, 0.25) is 5.15 Å². The van der Waals surface area contributed by atoms with Crippen LogP contribution in [0.1, 0.15) is 18.9 Å². The molecule has 5 nitrogen and oxygen atoms in total. The molecule has 0 aliphatic heterocycles. The summed E-state index contributed by atoms with van der Waals surface area (Å²) in [6, 6.07) is 0.129. The van der Waals surface area contributed by atoms with E-state index in [9.17, 15) is 0 Å². The highest BCUT2D eigenvalue weighted by Crippen LogP contribution is 2.22. The predicted octanol–water partition coefficient (Wildman–Crippen LogP) is 1.91. The van der Waals surface area contributed by atoms with Crippen molar-refractivity contribution >= 4 is 23.2 Å². The van der Waals surface area contributed by atoms with Crippen molar-refractivity contribution in [1.29, 1.82) is 0 Å². The third kappa shape index (κ3) is 2.17. The first kappa shape index (κ1) is 11.7. The molecule has 2 heterocycles. The van der Waals surface area contributed by atoms with Crippen LogP contribution in [0.25, 0.3) is 5.78 Å². The standard InChI is InChI=1S/C11H12ClN5/c1-4-5-7(2)15-10-8(3)9(12)16-11-13-6-14-17(10)11/h1,6-7,15H,5H2,2-3H3. The van der Waals surface area contributed by atoms with Crippen LogP contribution >= 0.6 is 11.6 Å². The predicted molar refractivity (Wildman–Crippen MR) is 67.1 cm³/mol. The van der Waals surface area contributed by atoms with E-state index >= 15 is 0 Å². The Morgan fingerprint density at radius 2 is 2.41 bits per heavy atom. The van der Waals surface area contributed by atoms with Gasteiger partial charge in [0.05, 0.1) is 0 Å².